The van der Waals surface area contributed by atoms with Crippen LogP contribution in [0.5, 0.6) is 0 Å². The molecule has 0 spiro atoms. The van der Waals surface area contributed by atoms with Gasteiger partial charge in [-0.25, -0.2) is 4.79 Å². The molecule has 3 atom stereocenters. The van der Waals surface area contributed by atoms with Crippen LogP contribution in [0.1, 0.15) is 34.6 Å². The monoisotopic (exact) mass is 421 g/mol. The Balaban J connectivity index is 2.25. The van der Waals surface area contributed by atoms with E-state index in [0.29, 0.717) is 12.1 Å². The van der Waals surface area contributed by atoms with Gasteiger partial charge in [-0.05, 0) is 37.6 Å². The SMILES string of the molecule is CCOC(=O)C(C)(OCC)C(C(C)C)[P+](=O)CSc1cccc2ccccc12. The molecule has 2 rings (SSSR count). The Kier molecular flexibility index (Phi) is 8.48. The third-order valence-corrected chi connectivity index (χ3v) is 8.64. The smallest absolute Gasteiger partial charge is 0.356 e. The highest BCUT2D eigenvalue weighted by molar-refractivity contribution is 8.04. The van der Waals surface area contributed by atoms with Crippen LogP contribution in [0.15, 0.2) is 47.4 Å². The summed E-state index contributed by atoms with van der Waals surface area (Å²) in [5, 5.41) is 2.31. The van der Waals surface area contributed by atoms with Gasteiger partial charge in [-0.2, -0.15) is 0 Å². The first-order valence-corrected chi connectivity index (χ1v) is 12.2. The Morgan fingerprint density at radius 3 is 2.43 bits per heavy atom. The van der Waals surface area contributed by atoms with Gasteiger partial charge >= 0.3 is 13.8 Å². The lowest BCUT2D eigenvalue weighted by Crippen LogP contribution is -2.51. The van der Waals surface area contributed by atoms with Crippen molar-refractivity contribution in [3.8, 4) is 0 Å². The molecule has 0 aliphatic rings. The lowest BCUT2D eigenvalue weighted by Gasteiger charge is -2.31. The van der Waals surface area contributed by atoms with Crippen LogP contribution in [-0.4, -0.2) is 35.9 Å². The Morgan fingerprint density at radius 2 is 1.79 bits per heavy atom. The summed E-state index contributed by atoms with van der Waals surface area (Å²) < 4.78 is 24.5. The molecule has 0 amide bonds. The summed E-state index contributed by atoms with van der Waals surface area (Å²) >= 11 is 1.57. The van der Waals surface area contributed by atoms with Crippen LogP contribution < -0.4 is 0 Å². The molecule has 0 N–H and O–H groups in total. The van der Waals surface area contributed by atoms with E-state index < -0.39 is 25.0 Å². The molecular formula is C22H30O4PS+. The minimum Gasteiger partial charge on any atom is -0.464 e. The second kappa shape index (κ2) is 10.4. The highest BCUT2D eigenvalue weighted by atomic mass is 32.2. The fraction of sp³-hybridized carbons (Fsp3) is 0.500. The van der Waals surface area contributed by atoms with E-state index in [0.717, 1.165) is 15.7 Å². The zero-order valence-corrected chi connectivity index (χ0v) is 19.0. The predicted molar refractivity (Wildman–Crippen MR) is 118 cm³/mol. The molecule has 152 valence electrons. The molecule has 0 aliphatic carbocycles. The second-order valence-electron chi connectivity index (χ2n) is 7.12. The molecule has 0 heterocycles. The maximum absolute atomic E-state index is 13.4. The first kappa shape index (κ1) is 22.9. The van der Waals surface area contributed by atoms with E-state index in [-0.39, 0.29) is 12.5 Å². The van der Waals surface area contributed by atoms with Gasteiger partial charge in [0.15, 0.2) is 11.2 Å². The van der Waals surface area contributed by atoms with Crippen molar-refractivity contribution >= 4 is 36.3 Å². The molecule has 3 unspecified atom stereocenters. The summed E-state index contributed by atoms with van der Waals surface area (Å²) in [5.41, 5.74) is -1.22. The molecule has 0 aromatic heterocycles. The predicted octanol–water partition coefficient (Wildman–Crippen LogP) is 6.10. The third-order valence-electron chi connectivity index (χ3n) is 4.73. The summed E-state index contributed by atoms with van der Waals surface area (Å²) in [6.45, 7) is 9.92. The van der Waals surface area contributed by atoms with E-state index in [1.807, 2.05) is 45.0 Å². The van der Waals surface area contributed by atoms with E-state index in [2.05, 4.69) is 18.2 Å². The van der Waals surface area contributed by atoms with E-state index in [1.54, 1.807) is 25.6 Å². The first-order valence-electron chi connectivity index (χ1n) is 9.70. The first-order chi connectivity index (χ1) is 13.3. The number of hydrogen-bond donors (Lipinski definition) is 0. The van der Waals surface area contributed by atoms with E-state index in [4.69, 9.17) is 9.47 Å². The summed E-state index contributed by atoms with van der Waals surface area (Å²) in [7, 11) is -1.72. The van der Waals surface area contributed by atoms with Crippen LogP contribution in [0.2, 0.25) is 0 Å². The Labute approximate surface area is 173 Å². The lowest BCUT2D eigenvalue weighted by molar-refractivity contribution is -0.170. The average molecular weight is 422 g/mol. The highest BCUT2D eigenvalue weighted by Gasteiger charge is 2.55. The van der Waals surface area contributed by atoms with Gasteiger partial charge < -0.3 is 9.47 Å². The maximum Gasteiger partial charge on any atom is 0.356 e. The second-order valence-corrected chi connectivity index (χ2v) is 10.3. The fourth-order valence-electron chi connectivity index (χ4n) is 3.62. The standard InChI is InChI=1S/C22H30O4PS/c1-6-25-21(23)22(5,26-7-2)20(16(3)4)27(24)15-28-19-14-10-12-17-11-8-9-13-18(17)19/h8-14,16,20H,6-7,15H2,1-5H3/q+1. The number of benzene rings is 2. The number of thioether (sulfide) groups is 1. The van der Waals surface area contributed by atoms with Crippen molar-refractivity contribution < 1.29 is 18.8 Å². The molecule has 2 aromatic carbocycles. The molecule has 0 radical (unpaired) electrons. The van der Waals surface area contributed by atoms with Gasteiger partial charge in [0.05, 0.1) is 6.61 Å². The number of carbonyl (C=O) groups excluding carboxylic acids is 1. The molecule has 0 saturated heterocycles. The molecular weight excluding hydrogens is 391 g/mol. The van der Waals surface area contributed by atoms with E-state index in [1.165, 1.54) is 0 Å². The largest absolute Gasteiger partial charge is 0.464 e. The molecule has 0 bridgehead atoms. The summed E-state index contributed by atoms with van der Waals surface area (Å²) in [4.78, 5) is 13.8. The Hall–Kier alpha value is -1.42. The number of hydrogen-bond acceptors (Lipinski definition) is 5. The van der Waals surface area contributed by atoms with Crippen LogP contribution >= 0.6 is 19.6 Å². The Morgan fingerprint density at radius 1 is 1.11 bits per heavy atom. The average Bonchev–Trinajstić information content (AvgIpc) is 2.66. The van der Waals surface area contributed by atoms with Crippen molar-refractivity contribution in [1.82, 2.24) is 0 Å². The van der Waals surface area contributed by atoms with Crippen molar-refractivity contribution in [2.75, 3.05) is 18.7 Å². The van der Waals surface area contributed by atoms with Gasteiger partial charge in [0.25, 0.3) is 0 Å². The van der Waals surface area contributed by atoms with Crippen LogP contribution in [0, 0.1) is 5.92 Å². The lowest BCUT2D eigenvalue weighted by atomic mass is 9.93. The fourth-order valence-corrected chi connectivity index (χ4v) is 7.24. The molecule has 0 aliphatic heterocycles. The molecule has 0 fully saturated rings. The van der Waals surface area contributed by atoms with Crippen LogP contribution in [0.25, 0.3) is 10.8 Å². The maximum atomic E-state index is 13.4. The topological polar surface area (TPSA) is 52.6 Å². The van der Waals surface area contributed by atoms with Gasteiger partial charge in [-0.15, -0.1) is 0 Å². The zero-order chi connectivity index (χ0) is 20.7. The highest BCUT2D eigenvalue weighted by Crippen LogP contribution is 2.46. The normalized spacial score (nSPS) is 15.3. The molecule has 2 aromatic rings. The summed E-state index contributed by atoms with van der Waals surface area (Å²) in [6.07, 6.45) is 0. The minimum absolute atomic E-state index is 0.0117. The number of carbonyl (C=O) groups is 1. The number of esters is 1. The molecule has 4 nitrogen and oxygen atoms in total. The zero-order valence-electron chi connectivity index (χ0n) is 17.3. The van der Waals surface area contributed by atoms with Gasteiger partial charge in [0, 0.05) is 17.4 Å². The van der Waals surface area contributed by atoms with Crippen molar-refractivity contribution in [1.29, 1.82) is 0 Å². The van der Waals surface area contributed by atoms with Crippen molar-refractivity contribution in [3.63, 3.8) is 0 Å². The molecule has 28 heavy (non-hydrogen) atoms. The van der Waals surface area contributed by atoms with E-state index >= 15 is 0 Å². The summed E-state index contributed by atoms with van der Waals surface area (Å²) in [5.74, 6) is -0.424. The van der Waals surface area contributed by atoms with Gasteiger partial charge in [0.1, 0.15) is 0 Å². The molecule has 6 heteroatoms. The summed E-state index contributed by atoms with van der Waals surface area (Å²) in [6, 6.07) is 14.3. The molecule has 0 saturated carbocycles. The van der Waals surface area contributed by atoms with Crippen molar-refractivity contribution in [2.24, 2.45) is 5.92 Å². The van der Waals surface area contributed by atoms with Crippen LogP contribution in [-0.2, 0) is 18.8 Å². The number of rotatable bonds is 10. The van der Waals surface area contributed by atoms with Gasteiger partial charge in [-0.3, -0.25) is 0 Å². The van der Waals surface area contributed by atoms with Crippen molar-refractivity contribution in [2.45, 2.75) is 50.8 Å². The third kappa shape index (κ3) is 5.14. The quantitative estimate of drug-likeness (QED) is 0.264. The number of fused-ring (bicyclic) bond motifs is 1. The van der Waals surface area contributed by atoms with Gasteiger partial charge in [0.2, 0.25) is 5.60 Å². The van der Waals surface area contributed by atoms with Crippen LogP contribution in [0.4, 0.5) is 0 Å². The van der Waals surface area contributed by atoms with E-state index in [9.17, 15) is 9.36 Å². The van der Waals surface area contributed by atoms with Crippen molar-refractivity contribution in [3.05, 3.63) is 42.5 Å². The van der Waals surface area contributed by atoms with Crippen LogP contribution in [0.3, 0.4) is 0 Å². The minimum atomic E-state index is -1.72. The number of ether oxygens (including phenoxy) is 2. The van der Waals surface area contributed by atoms with Gasteiger partial charge in [-0.1, -0.05) is 66.6 Å². The Bertz CT molecular complexity index is 818.